The second-order valence-electron chi connectivity index (χ2n) is 18.0. The molecule has 13 nitrogen and oxygen atoms in total. The number of hydrogen-bond donors (Lipinski definition) is 0. The lowest BCUT2D eigenvalue weighted by atomic mass is 9.91. The molecule has 0 fully saturated rings. The van der Waals surface area contributed by atoms with Gasteiger partial charge in [-0.05, 0) is 76.9 Å². The van der Waals surface area contributed by atoms with Crippen LogP contribution in [-0.4, -0.2) is 100.0 Å². The number of rotatable bonds is 46. The van der Waals surface area contributed by atoms with Crippen LogP contribution in [-0.2, 0) is 57.2 Å². The Bertz CT molecular complexity index is 1170. The van der Waals surface area contributed by atoms with Gasteiger partial charge in [0.15, 0.2) is 0 Å². The van der Waals surface area contributed by atoms with Gasteiger partial charge >= 0.3 is 35.8 Å². The van der Waals surface area contributed by atoms with E-state index in [0.717, 1.165) is 110 Å². The van der Waals surface area contributed by atoms with E-state index in [4.69, 9.17) is 28.4 Å². The summed E-state index contributed by atoms with van der Waals surface area (Å²) in [4.78, 5) is 79.6. The molecule has 0 bridgehead atoms. The van der Waals surface area contributed by atoms with E-state index in [1.54, 1.807) is 0 Å². The lowest BCUT2D eigenvalue weighted by molar-refractivity contribution is -0.171. The first-order valence-electron chi connectivity index (χ1n) is 26.1. The predicted molar refractivity (Wildman–Crippen MR) is 256 cm³/mol. The first-order chi connectivity index (χ1) is 31.5. The van der Waals surface area contributed by atoms with Crippen LogP contribution in [0, 0.1) is 11.3 Å². The maximum atomic E-state index is 13.5. The van der Waals surface area contributed by atoms with Gasteiger partial charge in [-0.3, -0.25) is 28.8 Å². The van der Waals surface area contributed by atoms with E-state index in [0.29, 0.717) is 45.3 Å². The zero-order valence-electron chi connectivity index (χ0n) is 42.3. The zero-order valence-corrected chi connectivity index (χ0v) is 42.3. The van der Waals surface area contributed by atoms with E-state index in [9.17, 15) is 28.8 Å². The van der Waals surface area contributed by atoms with Crippen LogP contribution in [0.2, 0.25) is 0 Å². The molecule has 0 spiro atoms. The molecule has 0 radical (unpaired) electrons. The second kappa shape index (κ2) is 43.4. The molecule has 0 aliphatic carbocycles. The highest BCUT2D eigenvalue weighted by Gasteiger charge is 2.38. The van der Waals surface area contributed by atoms with Gasteiger partial charge in [0.25, 0.3) is 0 Å². The Kier molecular flexibility index (Phi) is 41.2. The van der Waals surface area contributed by atoms with Crippen molar-refractivity contribution in [1.29, 1.82) is 0 Å². The molecule has 0 N–H and O–H groups in total. The topological polar surface area (TPSA) is 161 Å². The number of esters is 6. The molecule has 0 aliphatic rings. The van der Waals surface area contributed by atoms with Gasteiger partial charge in [0.1, 0.15) is 31.8 Å². The lowest BCUT2D eigenvalue weighted by Crippen LogP contribution is -2.44. The highest BCUT2D eigenvalue weighted by atomic mass is 16.6. The summed E-state index contributed by atoms with van der Waals surface area (Å²) in [6.07, 6.45) is 22.2. The van der Waals surface area contributed by atoms with Gasteiger partial charge in [0.05, 0.1) is 13.2 Å². The maximum absolute atomic E-state index is 13.5. The van der Waals surface area contributed by atoms with E-state index in [-0.39, 0.29) is 82.8 Å². The standard InChI is InChI=1S/C52H95NO12/c1-7-13-16-19-22-31-45(30-10-4)40-51(59)65-44-52(43-64-50(58)36-29-37-53(11-5)12-6,41-62-48(56)34-25-23-32-46(54)60-38-27-20-17-14-8-2)42-63-49(57)35-26-24-33-47(55)61-39-28-21-18-15-9-3/h45H,7-44H2,1-6H3. The van der Waals surface area contributed by atoms with Crippen LogP contribution in [0.5, 0.6) is 0 Å². The van der Waals surface area contributed by atoms with Crippen LogP contribution in [0.4, 0.5) is 0 Å². The zero-order chi connectivity index (χ0) is 48.2. The quantitative estimate of drug-likeness (QED) is 0.0322. The first kappa shape index (κ1) is 61.8. The summed E-state index contributed by atoms with van der Waals surface area (Å²) >= 11 is 0. The van der Waals surface area contributed by atoms with Gasteiger partial charge in [-0.2, -0.15) is 0 Å². The van der Waals surface area contributed by atoms with Crippen LogP contribution in [0.3, 0.4) is 0 Å². The predicted octanol–water partition coefficient (Wildman–Crippen LogP) is 11.6. The number of carbonyl (C=O) groups is 6. The Morgan fingerprint density at radius 2 is 0.723 bits per heavy atom. The van der Waals surface area contributed by atoms with Crippen LogP contribution < -0.4 is 0 Å². The Hall–Kier alpha value is -3.22. The van der Waals surface area contributed by atoms with E-state index in [1.807, 2.05) is 0 Å². The molecule has 0 aromatic heterocycles. The summed E-state index contributed by atoms with van der Waals surface area (Å²) in [6, 6.07) is 0. The van der Waals surface area contributed by atoms with Gasteiger partial charge < -0.3 is 33.3 Å². The highest BCUT2D eigenvalue weighted by molar-refractivity contribution is 5.72. The van der Waals surface area contributed by atoms with Crippen LogP contribution in [0.15, 0.2) is 0 Å². The molecule has 0 aromatic carbocycles. The average Bonchev–Trinajstić information content (AvgIpc) is 3.29. The Labute approximate surface area is 395 Å². The number of carbonyl (C=O) groups excluding carboxylic acids is 6. The summed E-state index contributed by atoms with van der Waals surface area (Å²) < 4.78 is 33.9. The van der Waals surface area contributed by atoms with Crippen molar-refractivity contribution in [3.05, 3.63) is 0 Å². The first-order valence-corrected chi connectivity index (χ1v) is 26.1. The van der Waals surface area contributed by atoms with Crippen molar-refractivity contribution < 1.29 is 57.2 Å². The number of hydrogen-bond acceptors (Lipinski definition) is 13. The monoisotopic (exact) mass is 926 g/mol. The molecule has 380 valence electrons. The molecule has 0 aliphatic heterocycles. The third kappa shape index (κ3) is 37.6. The molecular formula is C52H95NO12. The van der Waals surface area contributed by atoms with E-state index < -0.39 is 29.3 Å². The van der Waals surface area contributed by atoms with Gasteiger partial charge in [-0.15, -0.1) is 0 Å². The molecule has 0 heterocycles. The Balaban J connectivity index is 5.83. The number of nitrogens with zero attached hydrogens (tertiary/aromatic N) is 1. The van der Waals surface area contributed by atoms with Gasteiger partial charge in [-0.1, -0.05) is 138 Å². The smallest absolute Gasteiger partial charge is 0.306 e. The van der Waals surface area contributed by atoms with Gasteiger partial charge in [-0.25, -0.2) is 0 Å². The molecule has 1 atom stereocenters. The van der Waals surface area contributed by atoms with E-state index in [2.05, 4.69) is 46.4 Å². The summed E-state index contributed by atoms with van der Waals surface area (Å²) in [6.45, 7) is 14.7. The van der Waals surface area contributed by atoms with E-state index in [1.165, 1.54) is 25.7 Å². The minimum absolute atomic E-state index is 0.0311. The Morgan fingerprint density at radius 1 is 0.369 bits per heavy atom. The number of unbranched alkanes of at least 4 members (excludes halogenated alkanes) is 14. The van der Waals surface area contributed by atoms with Crippen molar-refractivity contribution in [3.8, 4) is 0 Å². The summed E-state index contributed by atoms with van der Waals surface area (Å²) in [5.74, 6) is -2.37. The van der Waals surface area contributed by atoms with Crippen molar-refractivity contribution in [2.75, 3.05) is 59.3 Å². The minimum atomic E-state index is -1.38. The average molecular weight is 926 g/mol. The van der Waals surface area contributed by atoms with Crippen molar-refractivity contribution in [2.24, 2.45) is 11.3 Å². The molecule has 0 saturated heterocycles. The third-order valence-corrected chi connectivity index (χ3v) is 11.8. The van der Waals surface area contributed by atoms with Crippen LogP contribution in [0.25, 0.3) is 0 Å². The van der Waals surface area contributed by atoms with Crippen molar-refractivity contribution >= 4 is 35.8 Å². The van der Waals surface area contributed by atoms with Crippen LogP contribution in [0.1, 0.15) is 228 Å². The normalized spacial score (nSPS) is 11.9. The van der Waals surface area contributed by atoms with Crippen LogP contribution >= 0.6 is 0 Å². The number of ether oxygens (including phenoxy) is 6. The van der Waals surface area contributed by atoms with Crippen molar-refractivity contribution in [3.63, 3.8) is 0 Å². The fourth-order valence-corrected chi connectivity index (χ4v) is 7.48. The lowest BCUT2D eigenvalue weighted by Gasteiger charge is -2.32. The summed E-state index contributed by atoms with van der Waals surface area (Å²) in [5.41, 5.74) is -1.38. The van der Waals surface area contributed by atoms with Crippen molar-refractivity contribution in [2.45, 2.75) is 228 Å². The van der Waals surface area contributed by atoms with Gasteiger partial charge in [0.2, 0.25) is 0 Å². The largest absolute Gasteiger partial charge is 0.466 e. The third-order valence-electron chi connectivity index (χ3n) is 11.8. The molecular weight excluding hydrogens is 831 g/mol. The molecule has 0 rings (SSSR count). The fourth-order valence-electron chi connectivity index (χ4n) is 7.48. The van der Waals surface area contributed by atoms with Crippen molar-refractivity contribution in [1.82, 2.24) is 4.90 Å². The molecule has 1 unspecified atom stereocenters. The molecule has 13 heteroatoms. The molecule has 0 aromatic rings. The summed E-state index contributed by atoms with van der Waals surface area (Å²) in [7, 11) is 0. The molecule has 0 saturated carbocycles. The van der Waals surface area contributed by atoms with E-state index >= 15 is 0 Å². The maximum Gasteiger partial charge on any atom is 0.306 e. The second-order valence-corrected chi connectivity index (χ2v) is 18.0. The minimum Gasteiger partial charge on any atom is -0.466 e. The SMILES string of the molecule is CCCCCCCOC(=O)CCCCC(=O)OCC(COC(=O)CCCCC(=O)OCCCCCCC)(COC(=O)CCCN(CC)CC)COC(=O)CC(CCC)CCCCCCC. The highest BCUT2D eigenvalue weighted by Crippen LogP contribution is 2.25. The van der Waals surface area contributed by atoms with Gasteiger partial charge in [0, 0.05) is 38.5 Å². The fraction of sp³-hybridized carbons (Fsp3) is 0.885. The molecule has 0 amide bonds. The summed E-state index contributed by atoms with van der Waals surface area (Å²) in [5, 5.41) is 0. The molecule has 65 heavy (non-hydrogen) atoms. The Morgan fingerprint density at radius 3 is 1.11 bits per heavy atom.